The van der Waals surface area contributed by atoms with Gasteiger partial charge in [-0.2, -0.15) is 0 Å². The molecule has 2 saturated heterocycles. The zero-order valence-corrected chi connectivity index (χ0v) is 27.7. The summed E-state index contributed by atoms with van der Waals surface area (Å²) in [6.07, 6.45) is 2.02. The summed E-state index contributed by atoms with van der Waals surface area (Å²) < 4.78 is 5.39. The summed E-state index contributed by atoms with van der Waals surface area (Å²) in [7, 11) is 0. The van der Waals surface area contributed by atoms with Crippen LogP contribution in [0.2, 0.25) is 0 Å². The number of rotatable bonds is 7. The number of aromatic amines is 1. The number of H-pyrrole nitrogens is 1. The number of carbonyl (C=O) groups excluding carboxylic acids is 5. The van der Waals surface area contributed by atoms with Crippen molar-refractivity contribution in [3.05, 3.63) is 108 Å². The van der Waals surface area contributed by atoms with Crippen molar-refractivity contribution in [1.82, 2.24) is 31.2 Å². The molecule has 0 saturated carbocycles. The Labute approximate surface area is 290 Å². The Hall–Kier alpha value is -5.49. The third-order valence-electron chi connectivity index (χ3n) is 9.19. The van der Waals surface area contributed by atoms with Crippen molar-refractivity contribution in [1.29, 1.82) is 0 Å². The number of morpholine rings is 1. The van der Waals surface area contributed by atoms with Crippen molar-refractivity contribution < 1.29 is 28.7 Å². The minimum atomic E-state index is -1.34. The molecule has 260 valence electrons. The molecule has 4 atom stereocenters. The molecule has 1 aromatic heterocycles. The third kappa shape index (κ3) is 8.75. The zero-order chi connectivity index (χ0) is 34.9. The Morgan fingerprint density at radius 2 is 1.32 bits per heavy atom. The van der Waals surface area contributed by atoms with E-state index in [0.29, 0.717) is 32.7 Å². The van der Waals surface area contributed by atoms with Crippen LogP contribution in [0.1, 0.15) is 23.1 Å². The molecule has 0 bridgehead atoms. The standard InChI is InChI=1S/C38H42N6O6/c45-34-22-30(38(49)44-15-17-50-18-16-44)35(46)40-24-28(19-25-9-3-1-4-10-25)41-36(47)32(20-26-11-5-2-6-12-26)43-37(48)33(42-34)21-27-23-39-31-14-8-7-13-29(27)31/h1-14,23,28,30,32-33,39H,15-22,24H2,(H,40,46)(H,41,47)(H,42,45)(H,43,48)/t28-,30?,32+,33+/m1/s1. The van der Waals surface area contributed by atoms with Crippen molar-refractivity contribution in [3.63, 3.8) is 0 Å². The number of aromatic nitrogens is 1. The predicted molar refractivity (Wildman–Crippen MR) is 187 cm³/mol. The summed E-state index contributed by atoms with van der Waals surface area (Å²) in [5.41, 5.74) is 3.42. The maximum atomic E-state index is 14.2. The number of benzene rings is 3. The number of carbonyl (C=O) groups is 5. The first-order chi connectivity index (χ1) is 24.3. The van der Waals surface area contributed by atoms with Crippen LogP contribution in [0, 0.1) is 5.92 Å². The van der Waals surface area contributed by atoms with Gasteiger partial charge in [0.1, 0.15) is 18.0 Å². The average Bonchev–Trinajstić information content (AvgIpc) is 3.55. The van der Waals surface area contributed by atoms with E-state index in [1.54, 1.807) is 6.20 Å². The zero-order valence-electron chi connectivity index (χ0n) is 27.7. The molecular weight excluding hydrogens is 636 g/mol. The summed E-state index contributed by atoms with van der Waals surface area (Å²) in [5.74, 6) is -4.08. The number of ether oxygens (including phenoxy) is 1. The second kappa shape index (κ2) is 16.3. The summed E-state index contributed by atoms with van der Waals surface area (Å²) in [4.78, 5) is 74.2. The first-order valence-electron chi connectivity index (χ1n) is 17.0. The molecule has 12 nitrogen and oxygen atoms in total. The second-order valence-electron chi connectivity index (χ2n) is 12.8. The van der Waals surface area contributed by atoms with Gasteiger partial charge in [0, 0.05) is 56.0 Å². The molecular formula is C38H42N6O6. The number of hydrogen-bond acceptors (Lipinski definition) is 6. The number of nitrogens with zero attached hydrogens (tertiary/aromatic N) is 1. The molecule has 0 aliphatic carbocycles. The molecule has 2 fully saturated rings. The molecule has 2 aliphatic rings. The molecule has 0 radical (unpaired) electrons. The summed E-state index contributed by atoms with van der Waals surface area (Å²) >= 11 is 0. The van der Waals surface area contributed by atoms with Crippen LogP contribution in [0.4, 0.5) is 0 Å². The average molecular weight is 679 g/mol. The highest BCUT2D eigenvalue weighted by molar-refractivity contribution is 6.04. The lowest BCUT2D eigenvalue weighted by Gasteiger charge is -2.31. The topological polar surface area (TPSA) is 162 Å². The van der Waals surface area contributed by atoms with Crippen LogP contribution in [0.25, 0.3) is 10.9 Å². The quantitative estimate of drug-likeness (QED) is 0.187. The van der Waals surface area contributed by atoms with E-state index >= 15 is 0 Å². The molecule has 50 heavy (non-hydrogen) atoms. The van der Waals surface area contributed by atoms with Gasteiger partial charge in [-0.05, 0) is 29.2 Å². The van der Waals surface area contributed by atoms with Gasteiger partial charge in [-0.1, -0.05) is 78.9 Å². The number of nitrogens with one attached hydrogen (secondary N) is 5. The van der Waals surface area contributed by atoms with E-state index in [4.69, 9.17) is 4.74 Å². The lowest BCUT2D eigenvalue weighted by molar-refractivity contribution is -0.148. The minimum absolute atomic E-state index is 0.00314. The highest BCUT2D eigenvalue weighted by atomic mass is 16.5. The van der Waals surface area contributed by atoms with Crippen LogP contribution in [0.3, 0.4) is 0 Å². The first-order valence-corrected chi connectivity index (χ1v) is 17.0. The minimum Gasteiger partial charge on any atom is -0.378 e. The monoisotopic (exact) mass is 678 g/mol. The van der Waals surface area contributed by atoms with Crippen LogP contribution >= 0.6 is 0 Å². The number of amides is 5. The Morgan fingerprint density at radius 3 is 2.04 bits per heavy atom. The molecule has 5 N–H and O–H groups in total. The lowest BCUT2D eigenvalue weighted by atomic mass is 9.98. The smallest absolute Gasteiger partial charge is 0.243 e. The number of para-hydroxylation sites is 1. The second-order valence-corrected chi connectivity index (χ2v) is 12.8. The van der Waals surface area contributed by atoms with Crippen molar-refractivity contribution in [2.24, 2.45) is 5.92 Å². The Kier molecular flexibility index (Phi) is 11.2. The van der Waals surface area contributed by atoms with Gasteiger partial charge in [-0.3, -0.25) is 24.0 Å². The van der Waals surface area contributed by atoms with Gasteiger partial charge in [0.2, 0.25) is 29.5 Å². The van der Waals surface area contributed by atoms with Gasteiger partial charge in [-0.15, -0.1) is 0 Å². The fourth-order valence-electron chi connectivity index (χ4n) is 6.52. The molecule has 2 aliphatic heterocycles. The Bertz CT molecular complexity index is 1810. The molecule has 6 rings (SSSR count). The molecule has 0 spiro atoms. The lowest BCUT2D eigenvalue weighted by Crippen LogP contribution is -2.58. The van der Waals surface area contributed by atoms with E-state index in [9.17, 15) is 24.0 Å². The molecule has 5 amide bonds. The van der Waals surface area contributed by atoms with E-state index in [1.807, 2.05) is 84.9 Å². The highest BCUT2D eigenvalue weighted by Crippen LogP contribution is 2.20. The van der Waals surface area contributed by atoms with Crippen LogP contribution in [-0.2, 0) is 48.0 Å². The summed E-state index contributed by atoms with van der Waals surface area (Å²) in [6, 6.07) is 23.8. The number of fused-ring (bicyclic) bond motifs is 1. The molecule has 3 aromatic carbocycles. The normalized spacial score (nSPS) is 22.5. The maximum absolute atomic E-state index is 14.2. The van der Waals surface area contributed by atoms with E-state index in [2.05, 4.69) is 26.3 Å². The van der Waals surface area contributed by atoms with Gasteiger partial charge in [0.15, 0.2) is 0 Å². The van der Waals surface area contributed by atoms with Crippen molar-refractivity contribution in [2.45, 2.75) is 43.8 Å². The molecule has 1 unspecified atom stereocenters. The largest absolute Gasteiger partial charge is 0.378 e. The molecule has 4 aromatic rings. The van der Waals surface area contributed by atoms with E-state index < -0.39 is 60.0 Å². The first kappa shape index (κ1) is 34.4. The molecule has 12 heteroatoms. The van der Waals surface area contributed by atoms with E-state index in [-0.39, 0.29) is 19.4 Å². The van der Waals surface area contributed by atoms with Gasteiger partial charge in [0.25, 0.3) is 0 Å². The van der Waals surface area contributed by atoms with Gasteiger partial charge >= 0.3 is 0 Å². The van der Waals surface area contributed by atoms with Crippen molar-refractivity contribution in [2.75, 3.05) is 32.8 Å². The van der Waals surface area contributed by atoms with Crippen molar-refractivity contribution >= 4 is 40.4 Å². The van der Waals surface area contributed by atoms with E-state index in [0.717, 1.165) is 27.6 Å². The van der Waals surface area contributed by atoms with Crippen LogP contribution in [-0.4, -0.2) is 90.4 Å². The number of hydrogen-bond donors (Lipinski definition) is 5. The van der Waals surface area contributed by atoms with Gasteiger partial charge in [-0.25, -0.2) is 0 Å². The summed E-state index contributed by atoms with van der Waals surface area (Å²) in [6.45, 7) is 1.25. The predicted octanol–water partition coefficient (Wildman–Crippen LogP) is 1.65. The highest BCUT2D eigenvalue weighted by Gasteiger charge is 2.36. The van der Waals surface area contributed by atoms with Gasteiger partial charge < -0.3 is 35.9 Å². The third-order valence-corrected chi connectivity index (χ3v) is 9.19. The van der Waals surface area contributed by atoms with Crippen molar-refractivity contribution in [3.8, 4) is 0 Å². The van der Waals surface area contributed by atoms with Crippen LogP contribution < -0.4 is 21.3 Å². The maximum Gasteiger partial charge on any atom is 0.243 e. The van der Waals surface area contributed by atoms with Crippen LogP contribution in [0.5, 0.6) is 0 Å². The SMILES string of the molecule is O=C1CC(C(=O)N2CCOCC2)C(=O)NC[C@@H](Cc2ccccc2)NC(=O)[C@H](Cc2ccccc2)NC(=O)[C@H](Cc2c[nH]c3ccccc23)N1. The fourth-order valence-corrected chi connectivity index (χ4v) is 6.52. The van der Waals surface area contributed by atoms with Crippen LogP contribution in [0.15, 0.2) is 91.1 Å². The molecule has 3 heterocycles. The van der Waals surface area contributed by atoms with E-state index in [1.165, 1.54) is 4.90 Å². The summed E-state index contributed by atoms with van der Waals surface area (Å²) in [5, 5.41) is 12.5. The Balaban J connectivity index is 1.33. The fraction of sp³-hybridized carbons (Fsp3) is 0.342. The Morgan fingerprint density at radius 1 is 0.700 bits per heavy atom. The van der Waals surface area contributed by atoms with Gasteiger partial charge in [0.05, 0.1) is 19.3 Å².